The second-order valence-electron chi connectivity index (χ2n) is 4.04. The van der Waals surface area contributed by atoms with E-state index in [4.69, 9.17) is 4.74 Å². The second-order valence-corrected chi connectivity index (χ2v) is 4.04. The molecule has 1 heterocycles. The molecule has 5 heteroatoms. The van der Waals surface area contributed by atoms with Crippen LogP contribution >= 0.6 is 0 Å². The average molecular weight is 229 g/mol. The van der Waals surface area contributed by atoms with E-state index >= 15 is 0 Å². The van der Waals surface area contributed by atoms with Gasteiger partial charge in [-0.05, 0) is 6.92 Å². The molecule has 1 aliphatic heterocycles. The first-order valence-electron chi connectivity index (χ1n) is 5.98. The lowest BCUT2D eigenvalue weighted by atomic mass is 10.3. The fourth-order valence-electron chi connectivity index (χ4n) is 1.65. The van der Waals surface area contributed by atoms with Crippen molar-refractivity contribution in [2.75, 3.05) is 59.5 Å². The Morgan fingerprint density at radius 3 is 2.75 bits per heavy atom. The van der Waals surface area contributed by atoms with E-state index in [1.54, 1.807) is 4.90 Å². The van der Waals surface area contributed by atoms with E-state index in [0.29, 0.717) is 6.61 Å². The van der Waals surface area contributed by atoms with Crippen LogP contribution in [0.25, 0.3) is 0 Å². The molecule has 0 bridgehead atoms. The predicted octanol–water partition coefficient (Wildman–Crippen LogP) is -0.613. The Kier molecular flexibility index (Phi) is 6.37. The van der Waals surface area contributed by atoms with Crippen LogP contribution in [0.4, 0.5) is 0 Å². The molecule has 0 saturated carbocycles. The maximum Gasteiger partial charge on any atom is 0.248 e. The van der Waals surface area contributed by atoms with Crippen molar-refractivity contribution in [1.29, 1.82) is 0 Å². The number of nitrogens with zero attached hydrogens (tertiary/aromatic N) is 2. The molecule has 5 nitrogen and oxygen atoms in total. The third-order valence-electron chi connectivity index (χ3n) is 2.82. The molecule has 1 amide bonds. The van der Waals surface area contributed by atoms with Crippen LogP contribution in [0.3, 0.4) is 0 Å². The van der Waals surface area contributed by atoms with E-state index in [1.165, 1.54) is 0 Å². The summed E-state index contributed by atoms with van der Waals surface area (Å²) in [6.07, 6.45) is 0. The van der Waals surface area contributed by atoms with Crippen LogP contribution in [0.1, 0.15) is 6.92 Å². The number of hydrogen-bond acceptors (Lipinski definition) is 4. The highest BCUT2D eigenvalue weighted by molar-refractivity contribution is 5.77. The molecule has 0 aliphatic carbocycles. The zero-order chi connectivity index (χ0) is 11.8. The van der Waals surface area contributed by atoms with E-state index in [1.807, 2.05) is 14.0 Å². The standard InChI is InChI=1S/C11H23N3O2/c1-3-16-10-11(15)13(2)8-9-14-6-4-12-5-7-14/h12H,3-10H2,1-2H3. The van der Waals surface area contributed by atoms with Crippen molar-refractivity contribution in [2.45, 2.75) is 6.92 Å². The summed E-state index contributed by atoms with van der Waals surface area (Å²) in [5, 5.41) is 3.31. The van der Waals surface area contributed by atoms with Gasteiger partial charge in [-0.25, -0.2) is 0 Å². The third kappa shape index (κ3) is 4.92. The summed E-state index contributed by atoms with van der Waals surface area (Å²) in [6, 6.07) is 0. The van der Waals surface area contributed by atoms with Gasteiger partial charge in [0.05, 0.1) is 0 Å². The van der Waals surface area contributed by atoms with Gasteiger partial charge in [0.2, 0.25) is 5.91 Å². The number of carbonyl (C=O) groups is 1. The molecule has 0 spiro atoms. The Morgan fingerprint density at radius 1 is 1.44 bits per heavy atom. The van der Waals surface area contributed by atoms with Gasteiger partial charge in [-0.15, -0.1) is 0 Å². The maximum absolute atomic E-state index is 11.5. The summed E-state index contributed by atoms with van der Waals surface area (Å²) in [4.78, 5) is 15.7. The van der Waals surface area contributed by atoms with Gasteiger partial charge in [-0.2, -0.15) is 0 Å². The van der Waals surface area contributed by atoms with Crippen molar-refractivity contribution < 1.29 is 9.53 Å². The summed E-state index contributed by atoms with van der Waals surface area (Å²) in [5.41, 5.74) is 0. The van der Waals surface area contributed by atoms with Gasteiger partial charge < -0.3 is 15.0 Å². The minimum absolute atomic E-state index is 0.0667. The Balaban J connectivity index is 2.12. The molecule has 0 aromatic heterocycles. The number of ether oxygens (including phenoxy) is 1. The predicted molar refractivity (Wildman–Crippen MR) is 63.4 cm³/mol. The van der Waals surface area contributed by atoms with Crippen LogP contribution in [0.5, 0.6) is 0 Å². The lowest BCUT2D eigenvalue weighted by molar-refractivity contribution is -0.134. The highest BCUT2D eigenvalue weighted by Gasteiger charge is 2.12. The molecule has 0 atom stereocenters. The first-order chi connectivity index (χ1) is 7.74. The van der Waals surface area contributed by atoms with Crippen molar-refractivity contribution in [3.8, 4) is 0 Å². The molecule has 1 rings (SSSR count). The minimum Gasteiger partial charge on any atom is -0.372 e. The number of amides is 1. The number of nitrogens with one attached hydrogen (secondary N) is 1. The Hall–Kier alpha value is -0.650. The third-order valence-corrected chi connectivity index (χ3v) is 2.82. The average Bonchev–Trinajstić information content (AvgIpc) is 2.34. The lowest BCUT2D eigenvalue weighted by Crippen LogP contribution is -2.46. The van der Waals surface area contributed by atoms with Crippen LogP contribution in [0.2, 0.25) is 0 Å². The number of rotatable bonds is 6. The van der Waals surface area contributed by atoms with Crippen molar-refractivity contribution in [1.82, 2.24) is 15.1 Å². The Morgan fingerprint density at radius 2 is 2.12 bits per heavy atom. The summed E-state index contributed by atoms with van der Waals surface area (Å²) < 4.78 is 5.09. The molecule has 94 valence electrons. The number of carbonyl (C=O) groups excluding carboxylic acids is 1. The van der Waals surface area contributed by atoms with E-state index in [2.05, 4.69) is 10.2 Å². The van der Waals surface area contributed by atoms with Crippen LogP contribution in [0, 0.1) is 0 Å². The fourth-order valence-corrected chi connectivity index (χ4v) is 1.65. The van der Waals surface area contributed by atoms with Crippen LogP contribution < -0.4 is 5.32 Å². The summed E-state index contributed by atoms with van der Waals surface area (Å²) >= 11 is 0. The highest BCUT2D eigenvalue weighted by atomic mass is 16.5. The SMILES string of the molecule is CCOCC(=O)N(C)CCN1CCNCC1. The van der Waals surface area contributed by atoms with Crippen molar-refractivity contribution in [3.63, 3.8) is 0 Å². The lowest BCUT2D eigenvalue weighted by Gasteiger charge is -2.29. The molecular weight excluding hydrogens is 206 g/mol. The van der Waals surface area contributed by atoms with Gasteiger partial charge in [-0.3, -0.25) is 9.69 Å². The molecular formula is C11H23N3O2. The topological polar surface area (TPSA) is 44.8 Å². The number of piperazine rings is 1. The van der Waals surface area contributed by atoms with E-state index in [0.717, 1.165) is 39.3 Å². The molecule has 1 saturated heterocycles. The van der Waals surface area contributed by atoms with Crippen molar-refractivity contribution in [3.05, 3.63) is 0 Å². The molecule has 16 heavy (non-hydrogen) atoms. The molecule has 0 aromatic rings. The van der Waals surface area contributed by atoms with Crippen molar-refractivity contribution >= 4 is 5.91 Å². The summed E-state index contributed by atoms with van der Waals surface area (Å²) in [6.45, 7) is 8.69. The van der Waals surface area contributed by atoms with E-state index < -0.39 is 0 Å². The molecule has 1 aliphatic rings. The molecule has 0 unspecified atom stereocenters. The van der Waals surface area contributed by atoms with Gasteiger partial charge in [0.1, 0.15) is 6.61 Å². The normalized spacial score (nSPS) is 17.4. The first kappa shape index (κ1) is 13.4. The summed E-state index contributed by atoms with van der Waals surface area (Å²) in [5.74, 6) is 0.0667. The van der Waals surface area contributed by atoms with Crippen LogP contribution in [-0.2, 0) is 9.53 Å². The van der Waals surface area contributed by atoms with Gasteiger partial charge >= 0.3 is 0 Å². The maximum atomic E-state index is 11.5. The zero-order valence-electron chi connectivity index (χ0n) is 10.4. The number of hydrogen-bond donors (Lipinski definition) is 1. The Bertz CT molecular complexity index is 205. The smallest absolute Gasteiger partial charge is 0.248 e. The van der Waals surface area contributed by atoms with Gasteiger partial charge in [0.25, 0.3) is 0 Å². The molecule has 0 radical (unpaired) electrons. The van der Waals surface area contributed by atoms with Crippen molar-refractivity contribution in [2.24, 2.45) is 0 Å². The second kappa shape index (κ2) is 7.60. The van der Waals surface area contributed by atoms with E-state index in [-0.39, 0.29) is 12.5 Å². The Labute approximate surface area is 97.7 Å². The van der Waals surface area contributed by atoms with Crippen LogP contribution in [-0.4, -0.2) is 75.2 Å². The molecule has 0 aromatic carbocycles. The molecule has 1 N–H and O–H groups in total. The fraction of sp³-hybridized carbons (Fsp3) is 0.909. The largest absolute Gasteiger partial charge is 0.372 e. The number of likely N-dealkylation sites (N-methyl/N-ethyl adjacent to an activating group) is 1. The van der Waals surface area contributed by atoms with Gasteiger partial charge in [0, 0.05) is 52.9 Å². The first-order valence-corrected chi connectivity index (χ1v) is 5.98. The monoisotopic (exact) mass is 229 g/mol. The zero-order valence-corrected chi connectivity index (χ0v) is 10.4. The molecule has 1 fully saturated rings. The van der Waals surface area contributed by atoms with Gasteiger partial charge in [-0.1, -0.05) is 0 Å². The summed E-state index contributed by atoms with van der Waals surface area (Å²) in [7, 11) is 1.84. The van der Waals surface area contributed by atoms with Gasteiger partial charge in [0.15, 0.2) is 0 Å². The quantitative estimate of drug-likeness (QED) is 0.660. The highest BCUT2D eigenvalue weighted by Crippen LogP contribution is 1.94. The van der Waals surface area contributed by atoms with Crippen LogP contribution in [0.15, 0.2) is 0 Å². The minimum atomic E-state index is 0.0667. The van der Waals surface area contributed by atoms with E-state index in [9.17, 15) is 4.79 Å².